The Kier molecular flexibility index (Phi) is 6.87. The third kappa shape index (κ3) is 5.33. The molecule has 6 nitrogen and oxygen atoms in total. The second kappa shape index (κ2) is 9.37. The van der Waals surface area contributed by atoms with Gasteiger partial charge in [-0.25, -0.2) is 12.8 Å². The van der Waals surface area contributed by atoms with Crippen molar-refractivity contribution in [1.29, 1.82) is 0 Å². The van der Waals surface area contributed by atoms with Gasteiger partial charge < -0.3 is 10.1 Å². The minimum Gasteiger partial charge on any atom is -0.492 e. The normalized spacial score (nSPS) is 17.7. The number of hydrogen-bond acceptors (Lipinski definition) is 4. The largest absolute Gasteiger partial charge is 0.492 e. The SMILES string of the molecule is CC1CCCCN1S(=O)(=O)c1ccc(C(=O)NCCOc2ccc(F)cc2)cc1. The Morgan fingerprint density at radius 2 is 1.83 bits per heavy atom. The zero-order valence-corrected chi connectivity index (χ0v) is 17.1. The van der Waals surface area contributed by atoms with Crippen LogP contribution in [0.3, 0.4) is 0 Å². The highest BCUT2D eigenvalue weighted by atomic mass is 32.2. The highest BCUT2D eigenvalue weighted by molar-refractivity contribution is 7.89. The van der Waals surface area contributed by atoms with Crippen molar-refractivity contribution in [3.8, 4) is 5.75 Å². The molecule has 2 aromatic rings. The molecule has 156 valence electrons. The molecule has 1 N–H and O–H groups in total. The van der Waals surface area contributed by atoms with Crippen LogP contribution in [0.25, 0.3) is 0 Å². The highest BCUT2D eigenvalue weighted by Gasteiger charge is 2.30. The van der Waals surface area contributed by atoms with E-state index in [1.54, 1.807) is 4.31 Å². The summed E-state index contributed by atoms with van der Waals surface area (Å²) in [4.78, 5) is 12.4. The minimum absolute atomic E-state index is 0.0159. The predicted molar refractivity (Wildman–Crippen MR) is 108 cm³/mol. The van der Waals surface area contributed by atoms with Gasteiger partial charge in [0.2, 0.25) is 10.0 Å². The lowest BCUT2D eigenvalue weighted by Crippen LogP contribution is -2.41. The molecule has 0 saturated carbocycles. The molecule has 8 heteroatoms. The van der Waals surface area contributed by atoms with Gasteiger partial charge in [0, 0.05) is 18.2 Å². The van der Waals surface area contributed by atoms with Crippen molar-refractivity contribution < 1.29 is 22.3 Å². The molecule has 1 unspecified atom stereocenters. The van der Waals surface area contributed by atoms with Crippen LogP contribution in [0.2, 0.25) is 0 Å². The molecule has 0 aromatic heterocycles. The van der Waals surface area contributed by atoms with E-state index in [0.29, 0.717) is 17.9 Å². The Morgan fingerprint density at radius 1 is 1.14 bits per heavy atom. The molecular weight excluding hydrogens is 395 g/mol. The van der Waals surface area contributed by atoms with E-state index in [9.17, 15) is 17.6 Å². The number of rotatable bonds is 7. The number of benzene rings is 2. The highest BCUT2D eigenvalue weighted by Crippen LogP contribution is 2.25. The number of ether oxygens (including phenoxy) is 1. The Labute approximate surface area is 170 Å². The molecule has 1 fully saturated rings. The first-order chi connectivity index (χ1) is 13.9. The van der Waals surface area contributed by atoms with Crippen LogP contribution in [0.1, 0.15) is 36.5 Å². The molecule has 0 spiro atoms. The van der Waals surface area contributed by atoms with Crippen molar-refractivity contribution in [1.82, 2.24) is 9.62 Å². The number of amides is 1. The molecule has 0 aliphatic carbocycles. The number of carbonyl (C=O) groups excluding carboxylic acids is 1. The molecule has 1 saturated heterocycles. The molecule has 1 aliphatic heterocycles. The van der Waals surface area contributed by atoms with E-state index in [1.807, 2.05) is 6.92 Å². The molecule has 1 heterocycles. The van der Waals surface area contributed by atoms with Gasteiger partial charge in [-0.15, -0.1) is 0 Å². The Morgan fingerprint density at radius 3 is 2.48 bits per heavy atom. The quantitative estimate of drug-likeness (QED) is 0.698. The van der Waals surface area contributed by atoms with Gasteiger partial charge in [-0.05, 0) is 68.3 Å². The fourth-order valence-electron chi connectivity index (χ4n) is 3.31. The van der Waals surface area contributed by atoms with Gasteiger partial charge in [0.25, 0.3) is 5.91 Å². The third-order valence-electron chi connectivity index (χ3n) is 4.94. The molecule has 3 rings (SSSR count). The van der Waals surface area contributed by atoms with Gasteiger partial charge in [0.05, 0.1) is 11.4 Å². The van der Waals surface area contributed by atoms with Gasteiger partial charge in [-0.2, -0.15) is 4.31 Å². The molecule has 1 aliphatic rings. The number of piperidine rings is 1. The summed E-state index contributed by atoms with van der Waals surface area (Å²) in [6, 6.07) is 11.6. The molecule has 1 atom stereocenters. The average molecular weight is 421 g/mol. The smallest absolute Gasteiger partial charge is 0.251 e. The maximum atomic E-state index is 12.8. The summed E-state index contributed by atoms with van der Waals surface area (Å²) in [6.45, 7) is 2.95. The molecule has 2 aromatic carbocycles. The van der Waals surface area contributed by atoms with E-state index < -0.39 is 10.0 Å². The maximum Gasteiger partial charge on any atom is 0.251 e. The van der Waals surface area contributed by atoms with Crippen LogP contribution in [-0.4, -0.2) is 44.4 Å². The molecule has 1 amide bonds. The second-order valence-corrected chi connectivity index (χ2v) is 8.93. The summed E-state index contributed by atoms with van der Waals surface area (Å²) < 4.78 is 45.5. The lowest BCUT2D eigenvalue weighted by atomic mass is 10.1. The summed E-state index contributed by atoms with van der Waals surface area (Å²) in [5.41, 5.74) is 0.373. The minimum atomic E-state index is -3.55. The molecule has 0 radical (unpaired) electrons. The zero-order chi connectivity index (χ0) is 20.9. The molecule has 0 bridgehead atoms. The maximum absolute atomic E-state index is 12.8. The summed E-state index contributed by atoms with van der Waals surface area (Å²) in [7, 11) is -3.55. The van der Waals surface area contributed by atoms with Gasteiger partial charge in [-0.1, -0.05) is 6.42 Å². The lowest BCUT2D eigenvalue weighted by molar-refractivity contribution is 0.0947. The number of carbonyl (C=O) groups is 1. The average Bonchev–Trinajstić information content (AvgIpc) is 2.72. The first kappa shape index (κ1) is 21.3. The first-order valence-electron chi connectivity index (χ1n) is 9.66. The van der Waals surface area contributed by atoms with E-state index in [1.165, 1.54) is 48.5 Å². The number of nitrogens with zero attached hydrogens (tertiary/aromatic N) is 1. The summed E-state index contributed by atoms with van der Waals surface area (Å²) in [6.07, 6.45) is 2.76. The van der Waals surface area contributed by atoms with Crippen LogP contribution < -0.4 is 10.1 Å². The van der Waals surface area contributed by atoms with E-state index >= 15 is 0 Å². The topological polar surface area (TPSA) is 75.7 Å². The Balaban J connectivity index is 1.53. The number of nitrogens with one attached hydrogen (secondary N) is 1. The zero-order valence-electron chi connectivity index (χ0n) is 16.3. The van der Waals surface area contributed by atoms with Crippen LogP contribution in [-0.2, 0) is 10.0 Å². The van der Waals surface area contributed by atoms with Gasteiger partial charge in [0.1, 0.15) is 18.2 Å². The summed E-state index contributed by atoms with van der Waals surface area (Å²) in [5.74, 6) is -0.143. The summed E-state index contributed by atoms with van der Waals surface area (Å²) in [5, 5.41) is 2.71. The fourth-order valence-corrected chi connectivity index (χ4v) is 5.01. The van der Waals surface area contributed by atoms with Gasteiger partial charge >= 0.3 is 0 Å². The van der Waals surface area contributed by atoms with Crippen molar-refractivity contribution in [2.24, 2.45) is 0 Å². The van der Waals surface area contributed by atoms with E-state index in [2.05, 4.69) is 5.32 Å². The molecular formula is C21H25FN2O4S. The van der Waals surface area contributed by atoms with Crippen molar-refractivity contribution >= 4 is 15.9 Å². The summed E-state index contributed by atoms with van der Waals surface area (Å²) >= 11 is 0. The number of sulfonamides is 1. The van der Waals surface area contributed by atoms with Crippen molar-refractivity contribution in [3.63, 3.8) is 0 Å². The Bertz CT molecular complexity index is 930. The predicted octanol–water partition coefficient (Wildman–Crippen LogP) is 3.20. The van der Waals surface area contributed by atoms with E-state index in [4.69, 9.17) is 4.74 Å². The van der Waals surface area contributed by atoms with Gasteiger partial charge in [-0.3, -0.25) is 4.79 Å². The lowest BCUT2D eigenvalue weighted by Gasteiger charge is -2.32. The van der Waals surface area contributed by atoms with Crippen molar-refractivity contribution in [3.05, 3.63) is 59.9 Å². The van der Waals surface area contributed by atoms with Crippen LogP contribution in [0.4, 0.5) is 4.39 Å². The van der Waals surface area contributed by atoms with E-state index in [0.717, 1.165) is 19.3 Å². The first-order valence-corrected chi connectivity index (χ1v) is 11.1. The van der Waals surface area contributed by atoms with Crippen LogP contribution >= 0.6 is 0 Å². The van der Waals surface area contributed by atoms with Crippen LogP contribution in [0, 0.1) is 5.82 Å². The van der Waals surface area contributed by atoms with E-state index in [-0.39, 0.29) is 35.8 Å². The number of halogens is 1. The van der Waals surface area contributed by atoms with Crippen molar-refractivity contribution in [2.45, 2.75) is 37.1 Å². The van der Waals surface area contributed by atoms with Crippen molar-refractivity contribution in [2.75, 3.05) is 19.7 Å². The standard InChI is InChI=1S/C21H25FN2O4S/c1-16-4-2-3-14-24(16)29(26,27)20-11-5-17(6-12-20)21(25)23-13-15-28-19-9-7-18(22)8-10-19/h5-12,16H,2-4,13-15H2,1H3,(H,23,25). The molecule has 29 heavy (non-hydrogen) atoms. The van der Waals surface area contributed by atoms with Crippen LogP contribution in [0.5, 0.6) is 5.75 Å². The fraction of sp³-hybridized carbons (Fsp3) is 0.381. The Hall–Kier alpha value is -2.45. The monoisotopic (exact) mass is 420 g/mol. The third-order valence-corrected chi connectivity index (χ3v) is 6.96. The second-order valence-electron chi connectivity index (χ2n) is 7.04. The number of hydrogen-bond donors (Lipinski definition) is 1. The van der Waals surface area contributed by atoms with Crippen LogP contribution in [0.15, 0.2) is 53.4 Å². The van der Waals surface area contributed by atoms with Gasteiger partial charge in [0.15, 0.2) is 0 Å².